The van der Waals surface area contributed by atoms with Crippen molar-refractivity contribution in [2.24, 2.45) is 5.92 Å². The van der Waals surface area contributed by atoms with E-state index in [1.165, 1.54) is 16.4 Å². The summed E-state index contributed by atoms with van der Waals surface area (Å²) in [5.41, 5.74) is 5.55. The van der Waals surface area contributed by atoms with Crippen LogP contribution in [0.4, 0.5) is 10.1 Å². The van der Waals surface area contributed by atoms with Gasteiger partial charge in [-0.3, -0.25) is 0 Å². The Morgan fingerprint density at radius 2 is 2.20 bits per heavy atom. The summed E-state index contributed by atoms with van der Waals surface area (Å²) >= 11 is 0. The Balaban J connectivity index is 2.30. The van der Waals surface area contributed by atoms with Gasteiger partial charge in [0.25, 0.3) is 0 Å². The summed E-state index contributed by atoms with van der Waals surface area (Å²) in [5, 5.41) is 8.96. The molecule has 1 aromatic carbocycles. The summed E-state index contributed by atoms with van der Waals surface area (Å²) < 4.78 is 40.1. The smallest absolute Gasteiger partial charge is 0.248 e. The van der Waals surface area contributed by atoms with Crippen molar-refractivity contribution in [3.63, 3.8) is 0 Å². The average Bonchev–Trinajstić information content (AvgIpc) is 2.39. The van der Waals surface area contributed by atoms with Gasteiger partial charge in [-0.2, -0.15) is 4.31 Å². The minimum Gasteiger partial charge on any atom is -0.398 e. The second-order valence-electron chi connectivity index (χ2n) is 5.04. The molecule has 1 aromatic rings. The lowest BCUT2D eigenvalue weighted by Crippen LogP contribution is -2.40. The highest BCUT2D eigenvalue weighted by atomic mass is 32.2. The number of sulfonamides is 1. The second-order valence-corrected chi connectivity index (χ2v) is 6.92. The van der Waals surface area contributed by atoms with Gasteiger partial charge in [-0.25, -0.2) is 12.8 Å². The molecule has 1 fully saturated rings. The lowest BCUT2D eigenvalue weighted by atomic mass is 9.97. The molecular formula is C13H19FN2O3S. The summed E-state index contributed by atoms with van der Waals surface area (Å²) in [6.07, 6.45) is 2.14. The maximum Gasteiger partial charge on any atom is 0.248 e. The zero-order valence-corrected chi connectivity index (χ0v) is 11.9. The van der Waals surface area contributed by atoms with Crippen LogP contribution in [0.25, 0.3) is 0 Å². The van der Waals surface area contributed by atoms with Gasteiger partial charge in [-0.1, -0.05) is 6.07 Å². The Morgan fingerprint density at radius 3 is 2.85 bits per heavy atom. The Morgan fingerprint density at radius 1 is 1.45 bits per heavy atom. The summed E-state index contributed by atoms with van der Waals surface area (Å²) in [4.78, 5) is -0.440. The number of nitrogens with zero attached hydrogens (tertiary/aromatic N) is 1. The Hall–Kier alpha value is -1.18. The summed E-state index contributed by atoms with van der Waals surface area (Å²) in [5.74, 6) is -0.717. The molecule has 1 heterocycles. The molecular weight excluding hydrogens is 283 g/mol. The third kappa shape index (κ3) is 2.94. The van der Waals surface area contributed by atoms with E-state index in [0.717, 1.165) is 12.5 Å². The summed E-state index contributed by atoms with van der Waals surface area (Å²) in [6, 6.07) is 3.86. The third-order valence-corrected chi connectivity index (χ3v) is 5.57. The Kier molecular flexibility index (Phi) is 4.62. The highest BCUT2D eigenvalue weighted by molar-refractivity contribution is 7.89. The number of halogens is 1. The standard InChI is InChI=1S/C13H19FN2O3S/c14-11-4-1-5-12(15)13(11)20(18,19)16-7-2-3-10(9-16)6-8-17/h1,4-5,10,17H,2-3,6-9,15H2. The van der Waals surface area contributed by atoms with E-state index in [-0.39, 0.29) is 18.2 Å². The van der Waals surface area contributed by atoms with Gasteiger partial charge in [0.05, 0.1) is 5.69 Å². The van der Waals surface area contributed by atoms with E-state index in [2.05, 4.69) is 0 Å². The molecule has 0 bridgehead atoms. The van der Waals surface area contributed by atoms with Crippen LogP contribution in [-0.2, 0) is 10.0 Å². The number of aliphatic hydroxyl groups excluding tert-OH is 1. The van der Waals surface area contributed by atoms with Crippen molar-refractivity contribution in [1.29, 1.82) is 0 Å². The van der Waals surface area contributed by atoms with Crippen LogP contribution < -0.4 is 5.73 Å². The van der Waals surface area contributed by atoms with Gasteiger partial charge in [0.15, 0.2) is 0 Å². The number of nitrogen functional groups attached to an aromatic ring is 1. The molecule has 5 nitrogen and oxygen atoms in total. The maximum atomic E-state index is 13.8. The fourth-order valence-electron chi connectivity index (χ4n) is 2.59. The highest BCUT2D eigenvalue weighted by Gasteiger charge is 2.33. The van der Waals surface area contributed by atoms with Crippen LogP contribution in [0.5, 0.6) is 0 Å². The van der Waals surface area contributed by atoms with Gasteiger partial charge in [-0.15, -0.1) is 0 Å². The largest absolute Gasteiger partial charge is 0.398 e. The molecule has 0 radical (unpaired) electrons. The van der Waals surface area contributed by atoms with E-state index in [1.54, 1.807) is 0 Å². The van der Waals surface area contributed by atoms with Crippen LogP contribution in [0.3, 0.4) is 0 Å². The van der Waals surface area contributed by atoms with Crippen LogP contribution in [0.15, 0.2) is 23.1 Å². The summed E-state index contributed by atoms with van der Waals surface area (Å²) in [6.45, 7) is 0.690. The molecule has 0 saturated carbocycles. The molecule has 1 aliphatic rings. The van der Waals surface area contributed by atoms with Crippen molar-refractivity contribution < 1.29 is 17.9 Å². The number of rotatable bonds is 4. The van der Waals surface area contributed by atoms with Crippen LogP contribution in [0.1, 0.15) is 19.3 Å². The zero-order chi connectivity index (χ0) is 14.8. The lowest BCUT2D eigenvalue weighted by Gasteiger charge is -2.32. The highest BCUT2D eigenvalue weighted by Crippen LogP contribution is 2.29. The molecule has 0 spiro atoms. The van der Waals surface area contributed by atoms with Crippen LogP contribution in [-0.4, -0.2) is 37.5 Å². The molecule has 112 valence electrons. The van der Waals surface area contributed by atoms with Crippen LogP contribution in [0, 0.1) is 11.7 Å². The zero-order valence-electron chi connectivity index (χ0n) is 11.1. The maximum absolute atomic E-state index is 13.8. The number of hydrogen-bond acceptors (Lipinski definition) is 4. The van der Waals surface area contributed by atoms with Gasteiger partial charge in [-0.05, 0) is 37.3 Å². The van der Waals surface area contributed by atoms with E-state index in [1.807, 2.05) is 0 Å². The number of hydrogen-bond donors (Lipinski definition) is 2. The monoisotopic (exact) mass is 302 g/mol. The number of benzene rings is 1. The lowest BCUT2D eigenvalue weighted by molar-refractivity contribution is 0.202. The fourth-order valence-corrected chi connectivity index (χ4v) is 4.31. The van der Waals surface area contributed by atoms with Gasteiger partial charge in [0.1, 0.15) is 10.7 Å². The molecule has 0 aromatic heterocycles. The van der Waals surface area contributed by atoms with Crippen LogP contribution >= 0.6 is 0 Å². The number of aliphatic hydroxyl groups is 1. The molecule has 0 aliphatic carbocycles. The molecule has 0 amide bonds. The number of piperidine rings is 1. The van der Waals surface area contributed by atoms with E-state index in [0.29, 0.717) is 25.9 Å². The molecule has 1 aliphatic heterocycles. The number of anilines is 1. The van der Waals surface area contributed by atoms with E-state index >= 15 is 0 Å². The van der Waals surface area contributed by atoms with Crippen molar-refractivity contribution in [2.75, 3.05) is 25.4 Å². The Bertz CT molecular complexity index is 555. The topological polar surface area (TPSA) is 83.6 Å². The van der Waals surface area contributed by atoms with Gasteiger partial charge >= 0.3 is 0 Å². The predicted octanol–water partition coefficient (Wildman–Crippen LogP) is 1.19. The van der Waals surface area contributed by atoms with Gasteiger partial charge in [0, 0.05) is 19.7 Å². The minimum atomic E-state index is -3.92. The fraction of sp³-hybridized carbons (Fsp3) is 0.538. The second kappa shape index (κ2) is 6.07. The molecule has 1 atom stereocenters. The summed E-state index contributed by atoms with van der Waals surface area (Å²) in [7, 11) is -3.92. The van der Waals surface area contributed by atoms with E-state index in [4.69, 9.17) is 10.8 Å². The SMILES string of the molecule is Nc1cccc(F)c1S(=O)(=O)N1CCCC(CCO)C1. The molecule has 2 rings (SSSR count). The van der Waals surface area contributed by atoms with Gasteiger partial charge in [0.2, 0.25) is 10.0 Å². The van der Waals surface area contributed by atoms with Crippen LogP contribution in [0.2, 0.25) is 0 Å². The van der Waals surface area contributed by atoms with E-state index in [9.17, 15) is 12.8 Å². The first kappa shape index (κ1) is 15.2. The van der Waals surface area contributed by atoms with Crippen molar-refractivity contribution in [3.05, 3.63) is 24.0 Å². The minimum absolute atomic E-state index is 0.0282. The molecule has 1 saturated heterocycles. The van der Waals surface area contributed by atoms with Gasteiger partial charge < -0.3 is 10.8 Å². The predicted molar refractivity (Wildman–Crippen MR) is 74.0 cm³/mol. The molecule has 7 heteroatoms. The molecule has 3 N–H and O–H groups in total. The third-order valence-electron chi connectivity index (χ3n) is 3.61. The Labute approximate surface area is 118 Å². The first-order valence-electron chi connectivity index (χ1n) is 6.62. The molecule has 1 unspecified atom stereocenters. The first-order valence-corrected chi connectivity index (χ1v) is 8.06. The van der Waals surface area contributed by atoms with Crippen molar-refractivity contribution in [1.82, 2.24) is 4.31 Å². The average molecular weight is 302 g/mol. The van der Waals surface area contributed by atoms with Crippen molar-refractivity contribution in [3.8, 4) is 0 Å². The molecule has 20 heavy (non-hydrogen) atoms. The normalized spacial score (nSPS) is 21.0. The first-order chi connectivity index (χ1) is 9.46. The van der Waals surface area contributed by atoms with E-state index < -0.39 is 20.7 Å². The van der Waals surface area contributed by atoms with Crippen molar-refractivity contribution in [2.45, 2.75) is 24.2 Å². The quantitative estimate of drug-likeness (QED) is 0.818. The number of nitrogens with two attached hydrogens (primary N) is 1. The van der Waals surface area contributed by atoms with Crippen molar-refractivity contribution >= 4 is 15.7 Å².